The molecule has 0 bridgehead atoms. The summed E-state index contributed by atoms with van der Waals surface area (Å²) in [5.41, 5.74) is 2.95. The fourth-order valence-corrected chi connectivity index (χ4v) is 3.29. The Bertz CT molecular complexity index is 365. The summed E-state index contributed by atoms with van der Waals surface area (Å²) in [6.45, 7) is 4.17. The lowest BCUT2D eigenvalue weighted by Crippen LogP contribution is -2.29. The highest BCUT2D eigenvalue weighted by Crippen LogP contribution is 2.31. The van der Waals surface area contributed by atoms with Crippen LogP contribution in [0.5, 0.6) is 0 Å². The Kier molecular flexibility index (Phi) is 4.89. The molecule has 1 aliphatic rings. The van der Waals surface area contributed by atoms with Gasteiger partial charge in [0.2, 0.25) is 0 Å². The van der Waals surface area contributed by atoms with Crippen LogP contribution in [-0.2, 0) is 6.42 Å². The van der Waals surface area contributed by atoms with Gasteiger partial charge >= 0.3 is 0 Å². The molecule has 0 saturated heterocycles. The molecule has 2 N–H and O–H groups in total. The van der Waals surface area contributed by atoms with E-state index >= 15 is 0 Å². The molecule has 0 aromatic heterocycles. The monoisotopic (exact) mass is 250 g/mol. The lowest BCUT2D eigenvalue weighted by Gasteiger charge is -2.21. The van der Waals surface area contributed by atoms with E-state index < -0.39 is 0 Å². The molecule has 1 atom stereocenters. The van der Waals surface area contributed by atoms with Gasteiger partial charge in [-0.25, -0.2) is 0 Å². The van der Waals surface area contributed by atoms with Gasteiger partial charge in [-0.15, -0.1) is 11.8 Å². The molecule has 2 nitrogen and oxygen atoms in total. The van der Waals surface area contributed by atoms with Gasteiger partial charge in [0, 0.05) is 17.5 Å². The van der Waals surface area contributed by atoms with Crippen molar-refractivity contribution in [3.05, 3.63) is 29.3 Å². The standard InChI is InChI=1S/C14H22N2S/c1-3-16-10-13(15-2)11-6-7-14-12(9-11)5-4-8-17-14/h6-7,9,13,15-16H,3-5,8,10H2,1-2H3. The lowest BCUT2D eigenvalue weighted by molar-refractivity contribution is 0.537. The molecule has 1 unspecified atom stereocenters. The third-order valence-corrected chi connectivity index (χ3v) is 4.48. The first-order valence-electron chi connectivity index (χ1n) is 6.48. The van der Waals surface area contributed by atoms with E-state index in [1.54, 1.807) is 0 Å². The minimum Gasteiger partial charge on any atom is -0.315 e. The molecule has 1 aromatic carbocycles. The number of hydrogen-bond acceptors (Lipinski definition) is 3. The molecule has 94 valence electrons. The van der Waals surface area contributed by atoms with E-state index in [-0.39, 0.29) is 0 Å². The van der Waals surface area contributed by atoms with Crippen LogP contribution in [0.4, 0.5) is 0 Å². The fraction of sp³-hybridized carbons (Fsp3) is 0.571. The van der Waals surface area contributed by atoms with E-state index in [1.165, 1.54) is 34.6 Å². The molecule has 2 rings (SSSR count). The SMILES string of the molecule is CCNCC(NC)c1ccc2c(c1)CCCS2. The number of fused-ring (bicyclic) bond motifs is 1. The minimum atomic E-state index is 0.423. The Balaban J connectivity index is 2.13. The molecule has 1 aromatic rings. The van der Waals surface area contributed by atoms with Gasteiger partial charge in [0.15, 0.2) is 0 Å². The van der Waals surface area contributed by atoms with Gasteiger partial charge in [-0.05, 0) is 49.4 Å². The van der Waals surface area contributed by atoms with Crippen LogP contribution in [0.2, 0.25) is 0 Å². The van der Waals surface area contributed by atoms with E-state index in [1.807, 2.05) is 18.8 Å². The second-order valence-corrected chi connectivity index (χ2v) is 5.60. The molecule has 0 fully saturated rings. The van der Waals surface area contributed by atoms with Crippen molar-refractivity contribution in [3.63, 3.8) is 0 Å². The molecular formula is C14H22N2S. The number of benzene rings is 1. The van der Waals surface area contributed by atoms with E-state index in [0.717, 1.165) is 13.1 Å². The van der Waals surface area contributed by atoms with Crippen molar-refractivity contribution in [2.24, 2.45) is 0 Å². The zero-order valence-corrected chi connectivity index (χ0v) is 11.6. The summed E-state index contributed by atoms with van der Waals surface area (Å²) >= 11 is 2.00. The van der Waals surface area contributed by atoms with E-state index in [2.05, 4.69) is 35.8 Å². The highest BCUT2D eigenvalue weighted by Gasteiger charge is 2.13. The number of hydrogen-bond donors (Lipinski definition) is 2. The minimum absolute atomic E-state index is 0.423. The predicted molar refractivity (Wildman–Crippen MR) is 75.8 cm³/mol. The Morgan fingerprint density at radius 1 is 1.41 bits per heavy atom. The van der Waals surface area contributed by atoms with Crippen molar-refractivity contribution < 1.29 is 0 Å². The van der Waals surface area contributed by atoms with Crippen LogP contribution >= 0.6 is 11.8 Å². The van der Waals surface area contributed by atoms with Crippen LogP contribution in [0.3, 0.4) is 0 Å². The summed E-state index contributed by atoms with van der Waals surface area (Å²) in [6.07, 6.45) is 2.56. The highest BCUT2D eigenvalue weighted by molar-refractivity contribution is 7.99. The number of nitrogens with one attached hydrogen (secondary N) is 2. The van der Waals surface area contributed by atoms with E-state index in [0.29, 0.717) is 6.04 Å². The van der Waals surface area contributed by atoms with Crippen molar-refractivity contribution in [3.8, 4) is 0 Å². The summed E-state index contributed by atoms with van der Waals surface area (Å²) in [5.74, 6) is 1.28. The van der Waals surface area contributed by atoms with Crippen LogP contribution < -0.4 is 10.6 Å². The maximum Gasteiger partial charge on any atom is 0.0444 e. The van der Waals surface area contributed by atoms with E-state index in [4.69, 9.17) is 0 Å². The molecule has 0 amide bonds. The van der Waals surface area contributed by atoms with Crippen molar-refractivity contribution in [2.75, 3.05) is 25.9 Å². The normalized spacial score (nSPS) is 16.6. The van der Waals surface area contributed by atoms with E-state index in [9.17, 15) is 0 Å². The smallest absolute Gasteiger partial charge is 0.0444 e. The Hall–Kier alpha value is -0.510. The highest BCUT2D eigenvalue weighted by atomic mass is 32.2. The van der Waals surface area contributed by atoms with Crippen LogP contribution in [-0.4, -0.2) is 25.9 Å². The number of rotatable bonds is 5. The molecular weight excluding hydrogens is 228 g/mol. The second kappa shape index (κ2) is 6.43. The van der Waals surface area contributed by atoms with Crippen molar-refractivity contribution in [1.82, 2.24) is 10.6 Å². The zero-order valence-electron chi connectivity index (χ0n) is 10.8. The summed E-state index contributed by atoms with van der Waals surface area (Å²) < 4.78 is 0. The van der Waals surface area contributed by atoms with Gasteiger partial charge in [-0.2, -0.15) is 0 Å². The van der Waals surface area contributed by atoms with Gasteiger partial charge < -0.3 is 10.6 Å². The lowest BCUT2D eigenvalue weighted by atomic mass is 10.0. The van der Waals surface area contributed by atoms with Gasteiger partial charge in [0.25, 0.3) is 0 Å². The first-order valence-corrected chi connectivity index (χ1v) is 7.47. The van der Waals surface area contributed by atoms with Crippen LogP contribution in [0.15, 0.2) is 23.1 Å². The molecule has 0 radical (unpaired) electrons. The molecule has 1 aliphatic heterocycles. The Labute approximate surface area is 109 Å². The maximum atomic E-state index is 3.41. The molecule has 3 heteroatoms. The van der Waals surface area contributed by atoms with Gasteiger partial charge in [0.05, 0.1) is 0 Å². The van der Waals surface area contributed by atoms with Crippen LogP contribution in [0, 0.1) is 0 Å². The largest absolute Gasteiger partial charge is 0.315 e. The summed E-state index contributed by atoms with van der Waals surface area (Å²) in [6, 6.07) is 7.38. The topological polar surface area (TPSA) is 24.1 Å². The van der Waals surface area contributed by atoms with Crippen LogP contribution in [0.1, 0.15) is 30.5 Å². The number of thioether (sulfide) groups is 1. The first-order chi connectivity index (χ1) is 8.35. The quantitative estimate of drug-likeness (QED) is 0.840. The number of aryl methyl sites for hydroxylation is 1. The average Bonchev–Trinajstić information content (AvgIpc) is 2.39. The van der Waals surface area contributed by atoms with Crippen LogP contribution in [0.25, 0.3) is 0 Å². The van der Waals surface area contributed by atoms with Gasteiger partial charge in [-0.1, -0.05) is 19.1 Å². The Morgan fingerprint density at radius 2 is 2.29 bits per heavy atom. The average molecular weight is 250 g/mol. The van der Waals surface area contributed by atoms with Gasteiger partial charge in [0.1, 0.15) is 0 Å². The predicted octanol–water partition coefficient (Wildman–Crippen LogP) is 2.59. The van der Waals surface area contributed by atoms with Crippen molar-refractivity contribution >= 4 is 11.8 Å². The molecule has 1 heterocycles. The zero-order chi connectivity index (χ0) is 12.1. The summed E-state index contributed by atoms with van der Waals surface area (Å²) in [7, 11) is 2.04. The third kappa shape index (κ3) is 3.24. The fourth-order valence-electron chi connectivity index (χ4n) is 2.27. The number of likely N-dealkylation sites (N-methyl/N-ethyl adjacent to an activating group) is 2. The second-order valence-electron chi connectivity index (χ2n) is 4.47. The first kappa shape index (κ1) is 12.9. The molecule has 0 saturated carbocycles. The maximum absolute atomic E-state index is 3.41. The Morgan fingerprint density at radius 3 is 3.06 bits per heavy atom. The summed E-state index contributed by atoms with van der Waals surface area (Å²) in [4.78, 5) is 1.48. The molecule has 0 spiro atoms. The molecule has 0 aliphatic carbocycles. The third-order valence-electron chi connectivity index (χ3n) is 3.28. The van der Waals surface area contributed by atoms with Crippen molar-refractivity contribution in [2.45, 2.75) is 30.7 Å². The van der Waals surface area contributed by atoms with Crippen molar-refractivity contribution in [1.29, 1.82) is 0 Å². The molecule has 17 heavy (non-hydrogen) atoms. The summed E-state index contributed by atoms with van der Waals surface area (Å²) in [5, 5.41) is 6.80. The van der Waals surface area contributed by atoms with Gasteiger partial charge in [-0.3, -0.25) is 0 Å².